The van der Waals surface area contributed by atoms with Crippen LogP contribution < -0.4 is 26.2 Å². The number of thioether (sulfide) groups is 1. The van der Waals surface area contributed by atoms with Gasteiger partial charge in [0.25, 0.3) is 0 Å². The maximum atomic E-state index is 12.5. The van der Waals surface area contributed by atoms with Crippen LogP contribution in [0.3, 0.4) is 0 Å². The van der Waals surface area contributed by atoms with Gasteiger partial charge < -0.3 is 20.6 Å². The molecule has 3 aromatic rings. The summed E-state index contributed by atoms with van der Waals surface area (Å²) in [4.78, 5) is 12.5. The van der Waals surface area contributed by atoms with Gasteiger partial charge in [0.2, 0.25) is 17.8 Å². The van der Waals surface area contributed by atoms with E-state index in [-0.39, 0.29) is 12.6 Å². The average molecular weight is 383 g/mol. The molecule has 8 nitrogen and oxygen atoms in total. The van der Waals surface area contributed by atoms with Crippen LogP contribution in [0, 0.1) is 6.92 Å². The van der Waals surface area contributed by atoms with E-state index in [1.807, 2.05) is 25.1 Å². The Kier molecular flexibility index (Phi) is 4.59. The van der Waals surface area contributed by atoms with Crippen LogP contribution in [0.15, 0.2) is 52.4 Å². The molecule has 0 spiro atoms. The first kappa shape index (κ1) is 17.2. The maximum Gasteiger partial charge on any atom is 0.315 e. The van der Waals surface area contributed by atoms with Crippen molar-refractivity contribution < 1.29 is 9.47 Å². The van der Waals surface area contributed by atoms with Gasteiger partial charge in [0.05, 0.1) is 0 Å². The van der Waals surface area contributed by atoms with Gasteiger partial charge in [-0.1, -0.05) is 41.6 Å². The van der Waals surface area contributed by atoms with Crippen molar-refractivity contribution in [1.82, 2.24) is 14.9 Å². The first-order valence-corrected chi connectivity index (χ1v) is 9.18. The van der Waals surface area contributed by atoms with Crippen LogP contribution in [0.1, 0.15) is 11.1 Å². The second kappa shape index (κ2) is 7.20. The number of hydrogen-bond acceptors (Lipinski definition) is 8. The Balaban J connectivity index is 1.51. The zero-order chi connectivity index (χ0) is 18.8. The number of nitrogens with two attached hydrogens (primary N) is 1. The molecule has 1 aromatic heterocycles. The monoisotopic (exact) mass is 383 g/mol. The Bertz CT molecular complexity index is 1050. The van der Waals surface area contributed by atoms with Crippen LogP contribution in [0.2, 0.25) is 0 Å². The Morgan fingerprint density at radius 3 is 2.89 bits per heavy atom. The van der Waals surface area contributed by atoms with E-state index in [1.165, 1.54) is 17.3 Å². The first-order chi connectivity index (χ1) is 13.1. The second-order valence-electron chi connectivity index (χ2n) is 5.98. The summed E-state index contributed by atoms with van der Waals surface area (Å²) in [7, 11) is 0. The molecule has 0 radical (unpaired) electrons. The minimum absolute atomic E-state index is 0.0382. The largest absolute Gasteiger partial charge is 0.454 e. The van der Waals surface area contributed by atoms with Crippen LogP contribution >= 0.6 is 11.8 Å². The molecule has 3 N–H and O–H groups in total. The van der Waals surface area contributed by atoms with Gasteiger partial charge in [0.15, 0.2) is 11.5 Å². The zero-order valence-electron chi connectivity index (χ0n) is 14.5. The van der Waals surface area contributed by atoms with Gasteiger partial charge in [-0.3, -0.25) is 4.79 Å². The van der Waals surface area contributed by atoms with Gasteiger partial charge in [-0.25, -0.2) is 0 Å². The highest BCUT2D eigenvalue weighted by molar-refractivity contribution is 7.98. The van der Waals surface area contributed by atoms with Crippen molar-refractivity contribution in [2.45, 2.75) is 17.8 Å². The van der Waals surface area contributed by atoms with E-state index >= 15 is 0 Å². The van der Waals surface area contributed by atoms with Crippen LogP contribution in [0.5, 0.6) is 11.5 Å². The van der Waals surface area contributed by atoms with Crippen molar-refractivity contribution in [2.75, 3.05) is 18.0 Å². The molecule has 27 heavy (non-hydrogen) atoms. The second-order valence-corrected chi connectivity index (χ2v) is 6.92. The third kappa shape index (κ3) is 3.68. The molecule has 4 rings (SSSR count). The number of nitrogens with one attached hydrogen (secondary N) is 1. The van der Waals surface area contributed by atoms with Gasteiger partial charge in [-0.2, -0.15) is 4.68 Å². The van der Waals surface area contributed by atoms with Gasteiger partial charge in [0, 0.05) is 17.5 Å². The molecular formula is C18H17N5O3S. The van der Waals surface area contributed by atoms with E-state index in [0.29, 0.717) is 28.1 Å². The SMILES string of the molecule is Cc1cccc(CSc2nnc(Nc3ccc4c(c3)OCO4)c(=O)n2N)c1. The summed E-state index contributed by atoms with van der Waals surface area (Å²) in [6.45, 7) is 2.21. The summed E-state index contributed by atoms with van der Waals surface area (Å²) >= 11 is 1.35. The molecule has 0 aliphatic carbocycles. The summed E-state index contributed by atoms with van der Waals surface area (Å²) in [6.07, 6.45) is 0. The van der Waals surface area contributed by atoms with Crippen molar-refractivity contribution in [3.05, 3.63) is 63.9 Å². The number of aryl methyl sites for hydroxylation is 1. The van der Waals surface area contributed by atoms with Crippen molar-refractivity contribution in [3.63, 3.8) is 0 Å². The molecule has 0 atom stereocenters. The van der Waals surface area contributed by atoms with Crippen LogP contribution in [0.4, 0.5) is 11.5 Å². The molecule has 138 valence electrons. The van der Waals surface area contributed by atoms with E-state index in [4.69, 9.17) is 15.3 Å². The highest BCUT2D eigenvalue weighted by Crippen LogP contribution is 2.34. The number of nitrogen functional groups attached to an aromatic ring is 1. The lowest BCUT2D eigenvalue weighted by Gasteiger charge is -2.09. The number of nitrogens with zero attached hydrogens (tertiary/aromatic N) is 3. The fourth-order valence-electron chi connectivity index (χ4n) is 2.62. The van der Waals surface area contributed by atoms with Crippen molar-refractivity contribution in [1.29, 1.82) is 0 Å². The Morgan fingerprint density at radius 2 is 2.04 bits per heavy atom. The van der Waals surface area contributed by atoms with Gasteiger partial charge in [-0.15, -0.1) is 10.2 Å². The lowest BCUT2D eigenvalue weighted by molar-refractivity contribution is 0.174. The zero-order valence-corrected chi connectivity index (χ0v) is 15.3. The number of anilines is 2. The van der Waals surface area contributed by atoms with E-state index in [9.17, 15) is 4.79 Å². The molecule has 0 saturated carbocycles. The number of benzene rings is 2. The minimum Gasteiger partial charge on any atom is -0.454 e. The van der Waals surface area contributed by atoms with E-state index in [2.05, 4.69) is 21.6 Å². The summed E-state index contributed by atoms with van der Waals surface area (Å²) < 4.78 is 11.6. The Hall–Kier alpha value is -3.20. The quantitative estimate of drug-likeness (QED) is 0.511. The molecule has 2 heterocycles. The third-order valence-corrected chi connectivity index (χ3v) is 4.96. The average Bonchev–Trinajstić information content (AvgIpc) is 3.13. The first-order valence-electron chi connectivity index (χ1n) is 8.20. The molecule has 0 amide bonds. The van der Waals surface area contributed by atoms with Crippen molar-refractivity contribution in [3.8, 4) is 11.5 Å². The van der Waals surface area contributed by atoms with Gasteiger partial charge in [0.1, 0.15) is 0 Å². The molecule has 0 unspecified atom stereocenters. The number of aromatic nitrogens is 3. The lowest BCUT2D eigenvalue weighted by Crippen LogP contribution is -2.32. The number of hydrogen-bond donors (Lipinski definition) is 2. The molecule has 2 aromatic carbocycles. The smallest absolute Gasteiger partial charge is 0.315 e. The summed E-state index contributed by atoms with van der Waals surface area (Å²) in [5.41, 5.74) is 2.46. The van der Waals surface area contributed by atoms with Crippen LogP contribution in [-0.4, -0.2) is 21.7 Å². The van der Waals surface area contributed by atoms with Crippen LogP contribution in [0.25, 0.3) is 0 Å². The third-order valence-electron chi connectivity index (χ3n) is 3.95. The molecule has 1 aliphatic heterocycles. The van der Waals surface area contributed by atoms with Crippen molar-refractivity contribution >= 4 is 23.3 Å². The van der Waals surface area contributed by atoms with Crippen LogP contribution in [-0.2, 0) is 5.75 Å². The highest BCUT2D eigenvalue weighted by Gasteiger charge is 2.15. The minimum atomic E-state index is -0.464. The molecule has 0 fully saturated rings. The van der Waals surface area contributed by atoms with Gasteiger partial charge in [-0.05, 0) is 24.6 Å². The summed E-state index contributed by atoms with van der Waals surface area (Å²) in [5.74, 6) is 7.86. The number of ether oxygens (including phenoxy) is 2. The Labute approximate surface area is 159 Å². The number of rotatable bonds is 5. The van der Waals surface area contributed by atoms with Gasteiger partial charge >= 0.3 is 5.56 Å². The molecule has 0 saturated heterocycles. The topological polar surface area (TPSA) is 104 Å². The van der Waals surface area contributed by atoms with E-state index < -0.39 is 5.56 Å². The van der Waals surface area contributed by atoms with Crippen molar-refractivity contribution in [2.24, 2.45) is 0 Å². The summed E-state index contributed by atoms with van der Waals surface area (Å²) in [6, 6.07) is 13.4. The molecule has 1 aliphatic rings. The van der Waals surface area contributed by atoms with E-state index in [0.717, 1.165) is 10.2 Å². The highest BCUT2D eigenvalue weighted by atomic mass is 32.2. The standard InChI is InChI=1S/C18H17N5O3S/c1-11-3-2-4-12(7-11)9-27-18-22-21-16(17(24)23(18)19)20-13-5-6-14-15(8-13)26-10-25-14/h2-8H,9-10,19H2,1H3,(H,20,21). The normalized spacial score (nSPS) is 12.2. The fourth-order valence-corrected chi connectivity index (χ4v) is 3.42. The predicted molar refractivity (Wildman–Crippen MR) is 103 cm³/mol. The lowest BCUT2D eigenvalue weighted by atomic mass is 10.2. The molecule has 9 heteroatoms. The molecule has 0 bridgehead atoms. The maximum absolute atomic E-state index is 12.5. The van der Waals surface area contributed by atoms with E-state index in [1.54, 1.807) is 18.2 Å². The summed E-state index contributed by atoms with van der Waals surface area (Å²) in [5, 5.41) is 11.3. The predicted octanol–water partition coefficient (Wildman–Crippen LogP) is 2.43. The Morgan fingerprint density at radius 1 is 1.19 bits per heavy atom. The fraction of sp³-hybridized carbons (Fsp3) is 0.167. The number of fused-ring (bicyclic) bond motifs is 1. The molecular weight excluding hydrogens is 366 g/mol.